The van der Waals surface area contributed by atoms with Crippen LogP contribution in [0.4, 0.5) is 16.2 Å². The van der Waals surface area contributed by atoms with Gasteiger partial charge in [0.2, 0.25) is 5.91 Å². The van der Waals surface area contributed by atoms with Gasteiger partial charge in [0.15, 0.2) is 0 Å². The van der Waals surface area contributed by atoms with Gasteiger partial charge in [0.05, 0.1) is 5.41 Å². The van der Waals surface area contributed by atoms with Gasteiger partial charge in [-0.1, -0.05) is 0 Å². The predicted molar refractivity (Wildman–Crippen MR) is 77.7 cm³/mol. The maximum atomic E-state index is 11.9. The summed E-state index contributed by atoms with van der Waals surface area (Å²) in [6.45, 7) is 3.55. The van der Waals surface area contributed by atoms with E-state index in [1.807, 2.05) is 0 Å². The predicted octanol–water partition coefficient (Wildman–Crippen LogP) is 2.64. The number of halogens is 1. The Hall–Kier alpha value is -1.75. The molecule has 1 rings (SSSR count). The normalized spacial score (nSPS) is 10.7. The molecule has 0 saturated heterocycles. The van der Waals surface area contributed by atoms with Gasteiger partial charge in [-0.05, 0) is 38.1 Å². The minimum absolute atomic E-state index is 0.144. The number of urea groups is 1. The third kappa shape index (κ3) is 4.44. The fourth-order valence-corrected chi connectivity index (χ4v) is 1.31. The number of hydrogen-bond donors (Lipinski definition) is 3. The molecule has 6 heteroatoms. The molecule has 0 aliphatic carbocycles. The summed E-state index contributed by atoms with van der Waals surface area (Å²) in [6, 6.07) is 6.55. The lowest BCUT2D eigenvalue weighted by Crippen LogP contribution is -2.32. The van der Waals surface area contributed by atoms with Gasteiger partial charge >= 0.3 is 6.03 Å². The molecule has 3 amide bonds. The lowest BCUT2D eigenvalue weighted by Gasteiger charge is -2.20. The van der Waals surface area contributed by atoms with Crippen molar-refractivity contribution < 1.29 is 9.59 Å². The van der Waals surface area contributed by atoms with Crippen molar-refractivity contribution in [2.24, 2.45) is 5.41 Å². The molecule has 104 valence electrons. The van der Waals surface area contributed by atoms with Crippen LogP contribution in [0.1, 0.15) is 13.8 Å². The average molecular weight is 284 g/mol. The van der Waals surface area contributed by atoms with Gasteiger partial charge in [0.25, 0.3) is 0 Å². The van der Waals surface area contributed by atoms with E-state index in [0.717, 1.165) is 0 Å². The Morgan fingerprint density at radius 1 is 1.11 bits per heavy atom. The molecule has 19 heavy (non-hydrogen) atoms. The van der Waals surface area contributed by atoms with E-state index in [1.165, 1.54) is 7.05 Å². The Morgan fingerprint density at radius 2 is 1.58 bits per heavy atom. The molecule has 0 aliphatic heterocycles. The van der Waals surface area contributed by atoms with E-state index in [1.54, 1.807) is 38.1 Å². The largest absolute Gasteiger partial charge is 0.341 e. The molecule has 0 aliphatic rings. The molecule has 1 aromatic rings. The summed E-state index contributed by atoms with van der Waals surface area (Å²) in [6.07, 6.45) is 0. The molecule has 0 atom stereocenters. The van der Waals surface area contributed by atoms with Crippen LogP contribution >= 0.6 is 11.6 Å². The van der Waals surface area contributed by atoms with Gasteiger partial charge in [-0.3, -0.25) is 4.79 Å². The summed E-state index contributed by atoms with van der Waals surface area (Å²) >= 11 is 5.74. The van der Waals surface area contributed by atoms with Crippen molar-refractivity contribution in [3.05, 3.63) is 24.3 Å². The molecule has 0 bridgehead atoms. The van der Waals surface area contributed by atoms with Crippen LogP contribution in [-0.2, 0) is 4.79 Å². The van der Waals surface area contributed by atoms with Gasteiger partial charge in [-0.15, -0.1) is 11.6 Å². The quantitative estimate of drug-likeness (QED) is 0.744. The van der Waals surface area contributed by atoms with Crippen molar-refractivity contribution in [3.8, 4) is 0 Å². The Kier molecular flexibility index (Phi) is 5.18. The van der Waals surface area contributed by atoms with Crippen LogP contribution in [0, 0.1) is 5.41 Å². The van der Waals surface area contributed by atoms with Crippen molar-refractivity contribution in [2.75, 3.05) is 23.6 Å². The van der Waals surface area contributed by atoms with Gasteiger partial charge in [-0.25, -0.2) is 4.79 Å². The second-order valence-corrected chi connectivity index (χ2v) is 5.02. The molecule has 0 radical (unpaired) electrons. The highest BCUT2D eigenvalue weighted by molar-refractivity contribution is 6.20. The number of carbonyl (C=O) groups is 2. The molecule has 1 aromatic carbocycles. The number of amides is 3. The van der Waals surface area contributed by atoms with Gasteiger partial charge in [0.1, 0.15) is 0 Å². The number of rotatable bonds is 4. The van der Waals surface area contributed by atoms with Crippen LogP contribution in [0.15, 0.2) is 24.3 Å². The highest BCUT2D eigenvalue weighted by Gasteiger charge is 2.26. The van der Waals surface area contributed by atoms with Crippen molar-refractivity contribution in [1.82, 2.24) is 5.32 Å². The average Bonchev–Trinajstić information content (AvgIpc) is 2.40. The zero-order chi connectivity index (χ0) is 14.5. The summed E-state index contributed by atoms with van der Waals surface area (Å²) < 4.78 is 0. The second-order valence-electron chi connectivity index (χ2n) is 4.75. The standard InChI is InChI=1S/C13H18ClN3O2/c1-13(2,8-14)11(18)16-9-4-6-10(7-5-9)17-12(19)15-3/h4-7H,8H2,1-3H3,(H,16,18)(H2,15,17,19). The van der Waals surface area contributed by atoms with E-state index < -0.39 is 5.41 Å². The second kappa shape index (κ2) is 6.43. The maximum absolute atomic E-state index is 11.9. The number of nitrogens with one attached hydrogen (secondary N) is 3. The van der Waals surface area contributed by atoms with E-state index >= 15 is 0 Å². The fraction of sp³-hybridized carbons (Fsp3) is 0.385. The van der Waals surface area contributed by atoms with Crippen molar-refractivity contribution in [2.45, 2.75) is 13.8 Å². The minimum atomic E-state index is -0.624. The Morgan fingerprint density at radius 3 is 2.00 bits per heavy atom. The Balaban J connectivity index is 2.67. The van der Waals surface area contributed by atoms with Crippen molar-refractivity contribution in [3.63, 3.8) is 0 Å². The molecule has 0 unspecified atom stereocenters. The summed E-state index contributed by atoms with van der Waals surface area (Å²) in [5.74, 6) is 0.101. The van der Waals surface area contributed by atoms with Crippen molar-refractivity contribution >= 4 is 34.9 Å². The van der Waals surface area contributed by atoms with Gasteiger partial charge < -0.3 is 16.0 Å². The Bertz CT molecular complexity index is 457. The Labute approximate surface area is 117 Å². The van der Waals surface area contributed by atoms with Crippen LogP contribution < -0.4 is 16.0 Å². The SMILES string of the molecule is CNC(=O)Nc1ccc(NC(=O)C(C)(C)CCl)cc1. The van der Waals surface area contributed by atoms with E-state index in [9.17, 15) is 9.59 Å². The first-order valence-corrected chi connectivity index (χ1v) is 6.38. The van der Waals surface area contributed by atoms with Gasteiger partial charge in [-0.2, -0.15) is 0 Å². The highest BCUT2D eigenvalue weighted by atomic mass is 35.5. The first-order chi connectivity index (χ1) is 8.89. The number of anilines is 2. The number of benzene rings is 1. The minimum Gasteiger partial charge on any atom is -0.341 e. The summed E-state index contributed by atoms with van der Waals surface area (Å²) in [4.78, 5) is 23.0. The molecule has 0 aromatic heterocycles. The number of hydrogen-bond acceptors (Lipinski definition) is 2. The zero-order valence-electron chi connectivity index (χ0n) is 11.2. The highest BCUT2D eigenvalue weighted by Crippen LogP contribution is 2.21. The number of carbonyl (C=O) groups excluding carboxylic acids is 2. The van der Waals surface area contributed by atoms with Crippen LogP contribution in [0.2, 0.25) is 0 Å². The van der Waals surface area contributed by atoms with Crippen LogP contribution in [0.25, 0.3) is 0 Å². The van der Waals surface area contributed by atoms with Crippen LogP contribution in [0.3, 0.4) is 0 Å². The first kappa shape index (κ1) is 15.3. The molecule has 0 fully saturated rings. The van der Waals surface area contributed by atoms with E-state index in [0.29, 0.717) is 11.4 Å². The van der Waals surface area contributed by atoms with E-state index in [2.05, 4.69) is 16.0 Å². The van der Waals surface area contributed by atoms with Crippen LogP contribution in [0.5, 0.6) is 0 Å². The molecular weight excluding hydrogens is 266 g/mol. The molecular formula is C13H18ClN3O2. The fourth-order valence-electron chi connectivity index (χ4n) is 1.19. The third-order valence-electron chi connectivity index (χ3n) is 2.58. The van der Waals surface area contributed by atoms with E-state index in [-0.39, 0.29) is 17.8 Å². The van der Waals surface area contributed by atoms with Crippen LogP contribution in [-0.4, -0.2) is 24.9 Å². The number of alkyl halides is 1. The van der Waals surface area contributed by atoms with Gasteiger partial charge in [0, 0.05) is 24.3 Å². The lowest BCUT2D eigenvalue weighted by molar-refractivity contribution is -0.122. The third-order valence-corrected chi connectivity index (χ3v) is 3.24. The molecule has 0 saturated carbocycles. The first-order valence-electron chi connectivity index (χ1n) is 5.85. The summed E-state index contributed by atoms with van der Waals surface area (Å²) in [5.41, 5.74) is 0.681. The summed E-state index contributed by atoms with van der Waals surface area (Å²) in [5, 5.41) is 7.86. The molecule has 0 heterocycles. The lowest BCUT2D eigenvalue weighted by atomic mass is 9.95. The molecule has 5 nitrogen and oxygen atoms in total. The topological polar surface area (TPSA) is 70.2 Å². The molecule has 0 spiro atoms. The molecule has 3 N–H and O–H groups in total. The zero-order valence-corrected chi connectivity index (χ0v) is 12.0. The smallest absolute Gasteiger partial charge is 0.318 e. The van der Waals surface area contributed by atoms with Crippen molar-refractivity contribution in [1.29, 1.82) is 0 Å². The van der Waals surface area contributed by atoms with E-state index in [4.69, 9.17) is 11.6 Å². The summed E-state index contributed by atoms with van der Waals surface area (Å²) in [7, 11) is 1.54. The monoisotopic (exact) mass is 283 g/mol. The maximum Gasteiger partial charge on any atom is 0.318 e.